The van der Waals surface area contributed by atoms with Gasteiger partial charge in [0.05, 0.1) is 18.1 Å². The molecule has 12 heteroatoms. The standard InChI is InChI=1S/C22H19FN6O4S/c23-14-3-1-13(2-4-14)10-29-21-20(27-28-29)22(31)26-18(25-21)11-34-12-19(30)24-15-5-6-16-17(9-15)33-8-7-32-16/h1-6,9H,7-8,10-12H2,(H,24,30)(H,25,26,31). The monoisotopic (exact) mass is 482 g/mol. The van der Waals surface area contributed by atoms with Crippen LogP contribution in [0, 0.1) is 5.82 Å². The fraction of sp³-hybridized carbons (Fsp3) is 0.227. The maximum atomic E-state index is 13.2. The summed E-state index contributed by atoms with van der Waals surface area (Å²) < 4.78 is 25.6. The molecule has 2 aromatic carbocycles. The van der Waals surface area contributed by atoms with Crippen LogP contribution in [0.15, 0.2) is 47.3 Å². The van der Waals surface area contributed by atoms with E-state index in [2.05, 4.69) is 25.6 Å². The lowest BCUT2D eigenvalue weighted by Gasteiger charge is -2.19. The average molecular weight is 482 g/mol. The number of aromatic amines is 1. The van der Waals surface area contributed by atoms with Gasteiger partial charge in [0.15, 0.2) is 22.7 Å². The number of thioether (sulfide) groups is 1. The Morgan fingerprint density at radius 3 is 2.76 bits per heavy atom. The van der Waals surface area contributed by atoms with Gasteiger partial charge in [-0.25, -0.2) is 14.1 Å². The Morgan fingerprint density at radius 1 is 1.15 bits per heavy atom. The van der Waals surface area contributed by atoms with Crippen LogP contribution < -0.4 is 20.3 Å². The first-order valence-corrected chi connectivity index (χ1v) is 11.5. The normalized spacial score (nSPS) is 12.6. The fourth-order valence-corrected chi connectivity index (χ4v) is 4.10. The van der Waals surface area contributed by atoms with E-state index in [1.165, 1.54) is 28.6 Å². The highest BCUT2D eigenvalue weighted by Gasteiger charge is 2.15. The number of nitrogens with zero attached hydrogens (tertiary/aromatic N) is 4. The Kier molecular flexibility index (Phi) is 6.12. The van der Waals surface area contributed by atoms with Gasteiger partial charge in [0.1, 0.15) is 24.9 Å². The number of aromatic nitrogens is 5. The molecule has 174 valence electrons. The Balaban J connectivity index is 1.22. The number of fused-ring (bicyclic) bond motifs is 2. The highest BCUT2D eigenvalue weighted by molar-refractivity contribution is 7.99. The lowest BCUT2D eigenvalue weighted by molar-refractivity contribution is -0.113. The minimum atomic E-state index is -0.410. The number of ether oxygens (including phenoxy) is 2. The molecule has 2 aromatic heterocycles. The van der Waals surface area contributed by atoms with Gasteiger partial charge in [0, 0.05) is 11.8 Å². The molecule has 0 saturated carbocycles. The number of hydrogen-bond donors (Lipinski definition) is 2. The maximum absolute atomic E-state index is 13.2. The van der Waals surface area contributed by atoms with Gasteiger partial charge < -0.3 is 19.8 Å². The molecule has 0 unspecified atom stereocenters. The SMILES string of the molecule is O=C(CSCc1nc2c(nnn2Cc2ccc(F)cc2)c(=O)[nH]1)Nc1ccc2c(c1)OCCO2. The van der Waals surface area contributed by atoms with Crippen molar-refractivity contribution in [3.63, 3.8) is 0 Å². The molecule has 3 heterocycles. The second-order valence-electron chi connectivity index (χ2n) is 7.46. The number of anilines is 1. The van der Waals surface area contributed by atoms with E-state index in [1.54, 1.807) is 30.3 Å². The van der Waals surface area contributed by atoms with E-state index in [-0.39, 0.29) is 29.5 Å². The van der Waals surface area contributed by atoms with Crippen molar-refractivity contribution in [1.82, 2.24) is 25.0 Å². The number of rotatable bonds is 7. The van der Waals surface area contributed by atoms with E-state index in [4.69, 9.17) is 9.47 Å². The average Bonchev–Trinajstić information content (AvgIpc) is 3.23. The Labute approximate surface area is 196 Å². The number of nitrogens with one attached hydrogen (secondary N) is 2. The van der Waals surface area contributed by atoms with Crippen LogP contribution >= 0.6 is 11.8 Å². The fourth-order valence-electron chi connectivity index (χ4n) is 3.41. The van der Waals surface area contributed by atoms with Crippen LogP contribution in [0.5, 0.6) is 11.5 Å². The quantitative estimate of drug-likeness (QED) is 0.411. The second-order valence-corrected chi connectivity index (χ2v) is 8.44. The summed E-state index contributed by atoms with van der Waals surface area (Å²) in [6.45, 7) is 1.26. The summed E-state index contributed by atoms with van der Waals surface area (Å²) in [4.78, 5) is 31.9. The highest BCUT2D eigenvalue weighted by atomic mass is 32.2. The van der Waals surface area contributed by atoms with Crippen LogP contribution in [-0.4, -0.2) is 49.8 Å². The van der Waals surface area contributed by atoms with Crippen LogP contribution in [0.3, 0.4) is 0 Å². The van der Waals surface area contributed by atoms with Crippen molar-refractivity contribution < 1.29 is 18.7 Å². The van der Waals surface area contributed by atoms with Crippen molar-refractivity contribution in [2.45, 2.75) is 12.3 Å². The molecular formula is C22H19FN6O4S. The third kappa shape index (κ3) is 4.86. The zero-order chi connectivity index (χ0) is 23.5. The third-order valence-electron chi connectivity index (χ3n) is 4.97. The molecular weight excluding hydrogens is 463 g/mol. The molecule has 0 spiro atoms. The van der Waals surface area contributed by atoms with Gasteiger partial charge in [-0.05, 0) is 29.8 Å². The van der Waals surface area contributed by atoms with Gasteiger partial charge in [-0.2, -0.15) is 0 Å². The highest BCUT2D eigenvalue weighted by Crippen LogP contribution is 2.32. The van der Waals surface area contributed by atoms with Crippen molar-refractivity contribution in [3.05, 3.63) is 70.0 Å². The summed E-state index contributed by atoms with van der Waals surface area (Å²) in [6.07, 6.45) is 0. The molecule has 1 amide bonds. The number of carbonyl (C=O) groups is 1. The molecule has 0 atom stereocenters. The zero-order valence-electron chi connectivity index (χ0n) is 17.8. The summed E-state index contributed by atoms with van der Waals surface area (Å²) in [5.74, 6) is 1.57. The summed E-state index contributed by atoms with van der Waals surface area (Å²) >= 11 is 1.30. The third-order valence-corrected chi connectivity index (χ3v) is 5.91. The van der Waals surface area contributed by atoms with E-state index in [9.17, 15) is 14.0 Å². The van der Waals surface area contributed by atoms with E-state index in [1.807, 2.05) is 0 Å². The van der Waals surface area contributed by atoms with Gasteiger partial charge in [0.2, 0.25) is 5.91 Å². The smallest absolute Gasteiger partial charge is 0.281 e. The number of halogens is 1. The van der Waals surface area contributed by atoms with Crippen LogP contribution in [0.25, 0.3) is 11.2 Å². The number of hydrogen-bond acceptors (Lipinski definition) is 8. The maximum Gasteiger partial charge on any atom is 0.281 e. The van der Waals surface area contributed by atoms with Crippen molar-refractivity contribution in [2.75, 3.05) is 24.3 Å². The van der Waals surface area contributed by atoms with Gasteiger partial charge in [-0.1, -0.05) is 17.3 Å². The number of H-pyrrole nitrogens is 1. The van der Waals surface area contributed by atoms with E-state index in [0.717, 1.165) is 5.56 Å². The summed E-state index contributed by atoms with van der Waals surface area (Å²) in [5, 5.41) is 10.7. The summed E-state index contributed by atoms with van der Waals surface area (Å²) in [6, 6.07) is 11.2. The number of amides is 1. The predicted molar refractivity (Wildman–Crippen MR) is 124 cm³/mol. The van der Waals surface area contributed by atoms with Crippen LogP contribution in [0.1, 0.15) is 11.4 Å². The van der Waals surface area contributed by atoms with Crippen molar-refractivity contribution >= 4 is 34.5 Å². The minimum Gasteiger partial charge on any atom is -0.486 e. The zero-order valence-corrected chi connectivity index (χ0v) is 18.6. The first kappa shape index (κ1) is 21.9. The summed E-state index contributed by atoms with van der Waals surface area (Å²) in [5.41, 5.74) is 1.43. The molecule has 1 aliphatic rings. The Hall–Kier alpha value is -3.93. The summed E-state index contributed by atoms with van der Waals surface area (Å²) in [7, 11) is 0. The van der Waals surface area contributed by atoms with Crippen LogP contribution in [0.4, 0.5) is 10.1 Å². The van der Waals surface area contributed by atoms with Gasteiger partial charge in [-0.3, -0.25) is 9.59 Å². The molecule has 5 rings (SSSR count). The molecule has 0 fully saturated rings. The van der Waals surface area contributed by atoms with Gasteiger partial charge >= 0.3 is 0 Å². The molecule has 0 saturated heterocycles. The second kappa shape index (κ2) is 9.51. The van der Waals surface area contributed by atoms with E-state index < -0.39 is 5.56 Å². The molecule has 1 aliphatic heterocycles. The number of benzene rings is 2. The van der Waals surface area contributed by atoms with Crippen LogP contribution in [-0.2, 0) is 17.1 Å². The largest absolute Gasteiger partial charge is 0.486 e. The molecule has 2 N–H and O–H groups in total. The number of carbonyl (C=O) groups excluding carboxylic acids is 1. The van der Waals surface area contributed by atoms with E-state index >= 15 is 0 Å². The molecule has 0 radical (unpaired) electrons. The van der Waals surface area contributed by atoms with Crippen molar-refractivity contribution in [3.8, 4) is 11.5 Å². The molecule has 10 nitrogen and oxygen atoms in total. The Bertz CT molecular complexity index is 1410. The predicted octanol–water partition coefficient (Wildman–Crippen LogP) is 2.35. The topological polar surface area (TPSA) is 124 Å². The molecule has 4 aromatic rings. The van der Waals surface area contributed by atoms with Gasteiger partial charge in [-0.15, -0.1) is 16.9 Å². The van der Waals surface area contributed by atoms with Gasteiger partial charge in [0.25, 0.3) is 5.56 Å². The van der Waals surface area contributed by atoms with Crippen molar-refractivity contribution in [2.24, 2.45) is 0 Å². The van der Waals surface area contributed by atoms with Crippen molar-refractivity contribution in [1.29, 1.82) is 0 Å². The first-order chi connectivity index (χ1) is 16.5. The lowest BCUT2D eigenvalue weighted by atomic mass is 10.2. The molecule has 0 aliphatic carbocycles. The first-order valence-electron chi connectivity index (χ1n) is 10.4. The van der Waals surface area contributed by atoms with E-state index in [0.29, 0.717) is 47.6 Å². The Morgan fingerprint density at radius 2 is 1.94 bits per heavy atom. The lowest BCUT2D eigenvalue weighted by Crippen LogP contribution is -2.17. The molecule has 34 heavy (non-hydrogen) atoms. The minimum absolute atomic E-state index is 0.118. The molecule has 0 bridgehead atoms. The van der Waals surface area contributed by atoms with Crippen LogP contribution in [0.2, 0.25) is 0 Å².